The van der Waals surface area contributed by atoms with Crippen molar-refractivity contribution >= 4 is 9.84 Å². The fourth-order valence-corrected chi connectivity index (χ4v) is 4.14. The van der Waals surface area contributed by atoms with Crippen molar-refractivity contribution in [3.63, 3.8) is 0 Å². The van der Waals surface area contributed by atoms with Crippen LogP contribution in [0, 0.1) is 0 Å². The lowest BCUT2D eigenvalue weighted by molar-refractivity contribution is 0.322. The maximum absolute atomic E-state index is 11.7. The molecule has 0 amide bonds. The number of rotatable bonds is 4. The Morgan fingerprint density at radius 2 is 2.05 bits per heavy atom. The van der Waals surface area contributed by atoms with E-state index in [1.165, 1.54) is 11.9 Å². The highest BCUT2D eigenvalue weighted by atomic mass is 32.2. The molecule has 0 N–H and O–H groups in total. The second-order valence-electron chi connectivity index (χ2n) is 5.55. The van der Waals surface area contributed by atoms with Gasteiger partial charge < -0.3 is 0 Å². The Hall–Kier alpha value is -0.840. The standard InChI is InChI=1S/C14H24N2O2S/c1-4-11-9-12(5-2)16(15-11)13-7-6-8-14(10-13)19(3,17)18/h9,13-14H,4-8,10H2,1-3H3. The van der Waals surface area contributed by atoms with Crippen molar-refractivity contribution in [1.82, 2.24) is 9.78 Å². The van der Waals surface area contributed by atoms with Crippen LogP contribution in [0.15, 0.2) is 6.07 Å². The van der Waals surface area contributed by atoms with E-state index in [0.717, 1.165) is 44.2 Å². The number of aromatic nitrogens is 2. The number of nitrogens with zero attached hydrogens (tertiary/aromatic N) is 2. The SMILES string of the molecule is CCc1cc(CC)n(C2CCCC(S(C)(=O)=O)C2)n1. The Balaban J connectivity index is 2.24. The molecule has 2 atom stereocenters. The molecule has 1 aromatic heterocycles. The number of hydrogen-bond donors (Lipinski definition) is 0. The van der Waals surface area contributed by atoms with E-state index in [1.54, 1.807) is 0 Å². The largest absolute Gasteiger partial charge is 0.266 e. The molecule has 1 aliphatic rings. The molecule has 0 radical (unpaired) electrons. The van der Waals surface area contributed by atoms with Gasteiger partial charge in [0.15, 0.2) is 0 Å². The van der Waals surface area contributed by atoms with Crippen LogP contribution in [0.3, 0.4) is 0 Å². The molecule has 1 aromatic rings. The van der Waals surface area contributed by atoms with E-state index in [9.17, 15) is 8.42 Å². The minimum atomic E-state index is -2.93. The number of aryl methyl sites for hydroxylation is 2. The van der Waals surface area contributed by atoms with Gasteiger partial charge >= 0.3 is 0 Å². The van der Waals surface area contributed by atoms with Gasteiger partial charge in [-0.3, -0.25) is 4.68 Å². The highest BCUT2D eigenvalue weighted by Crippen LogP contribution is 2.32. The molecule has 1 aliphatic carbocycles. The van der Waals surface area contributed by atoms with Crippen LogP contribution < -0.4 is 0 Å². The zero-order chi connectivity index (χ0) is 14.0. The van der Waals surface area contributed by atoms with E-state index in [1.807, 2.05) is 0 Å². The molecule has 0 spiro atoms. The molecule has 5 heteroatoms. The van der Waals surface area contributed by atoms with Crippen LogP contribution in [0.25, 0.3) is 0 Å². The van der Waals surface area contributed by atoms with Crippen LogP contribution in [0.5, 0.6) is 0 Å². The van der Waals surface area contributed by atoms with Crippen molar-refractivity contribution in [3.8, 4) is 0 Å². The summed E-state index contributed by atoms with van der Waals surface area (Å²) in [5.74, 6) is 0. The van der Waals surface area contributed by atoms with Crippen molar-refractivity contribution in [2.45, 2.75) is 63.7 Å². The van der Waals surface area contributed by atoms with Crippen molar-refractivity contribution in [2.24, 2.45) is 0 Å². The summed E-state index contributed by atoms with van der Waals surface area (Å²) in [6.07, 6.45) is 6.79. The number of sulfone groups is 1. The normalized spacial score (nSPS) is 24.6. The Kier molecular flexibility index (Phi) is 4.33. The molecule has 0 bridgehead atoms. The van der Waals surface area contributed by atoms with E-state index in [-0.39, 0.29) is 11.3 Å². The molecule has 1 saturated carbocycles. The summed E-state index contributed by atoms with van der Waals surface area (Å²) in [7, 11) is -2.93. The summed E-state index contributed by atoms with van der Waals surface area (Å²) in [4.78, 5) is 0. The van der Waals surface area contributed by atoms with Gasteiger partial charge in [0.2, 0.25) is 0 Å². The van der Waals surface area contributed by atoms with Gasteiger partial charge in [0, 0.05) is 11.9 Å². The minimum Gasteiger partial charge on any atom is -0.266 e. The molecular weight excluding hydrogens is 260 g/mol. The third-order valence-corrected chi connectivity index (χ3v) is 5.78. The van der Waals surface area contributed by atoms with E-state index in [4.69, 9.17) is 0 Å². The summed E-state index contributed by atoms with van der Waals surface area (Å²) < 4.78 is 25.6. The molecule has 2 rings (SSSR count). The van der Waals surface area contributed by atoms with E-state index in [0.29, 0.717) is 0 Å². The van der Waals surface area contributed by atoms with Crippen LogP contribution in [0.2, 0.25) is 0 Å². The Morgan fingerprint density at radius 3 is 2.63 bits per heavy atom. The summed E-state index contributed by atoms with van der Waals surface area (Å²) in [6, 6.07) is 2.41. The summed E-state index contributed by atoms with van der Waals surface area (Å²) in [5, 5.41) is 4.47. The first-order chi connectivity index (χ1) is 8.95. The van der Waals surface area contributed by atoms with Crippen molar-refractivity contribution in [2.75, 3.05) is 6.26 Å². The lowest BCUT2D eigenvalue weighted by atomic mass is 9.95. The summed E-state index contributed by atoms with van der Waals surface area (Å²) >= 11 is 0. The maximum Gasteiger partial charge on any atom is 0.150 e. The molecule has 0 saturated heterocycles. The zero-order valence-corrected chi connectivity index (χ0v) is 12.9. The lowest BCUT2D eigenvalue weighted by Gasteiger charge is -2.29. The molecule has 0 aliphatic heterocycles. The van der Waals surface area contributed by atoms with Gasteiger partial charge in [0.1, 0.15) is 9.84 Å². The average molecular weight is 284 g/mol. The van der Waals surface area contributed by atoms with Gasteiger partial charge in [0.05, 0.1) is 17.0 Å². The predicted molar refractivity (Wildman–Crippen MR) is 77.1 cm³/mol. The second-order valence-corrected chi connectivity index (χ2v) is 7.88. The molecule has 4 nitrogen and oxygen atoms in total. The first-order valence-electron chi connectivity index (χ1n) is 7.21. The first kappa shape index (κ1) is 14.6. The van der Waals surface area contributed by atoms with Gasteiger partial charge in [-0.2, -0.15) is 5.10 Å². The van der Waals surface area contributed by atoms with Crippen LogP contribution in [-0.2, 0) is 22.7 Å². The molecule has 2 unspecified atom stereocenters. The first-order valence-corrected chi connectivity index (χ1v) is 9.17. The third-order valence-electron chi connectivity index (χ3n) is 4.14. The highest BCUT2D eigenvalue weighted by molar-refractivity contribution is 7.91. The van der Waals surface area contributed by atoms with E-state index in [2.05, 4.69) is 29.7 Å². The van der Waals surface area contributed by atoms with Crippen molar-refractivity contribution < 1.29 is 8.42 Å². The molecule has 0 aromatic carbocycles. The smallest absolute Gasteiger partial charge is 0.150 e. The Morgan fingerprint density at radius 1 is 1.32 bits per heavy atom. The maximum atomic E-state index is 11.7. The lowest BCUT2D eigenvalue weighted by Crippen LogP contribution is -2.30. The van der Waals surface area contributed by atoms with Crippen molar-refractivity contribution in [1.29, 1.82) is 0 Å². The average Bonchev–Trinajstić information content (AvgIpc) is 2.81. The second kappa shape index (κ2) is 5.65. The quantitative estimate of drug-likeness (QED) is 0.853. The monoisotopic (exact) mass is 284 g/mol. The van der Waals surface area contributed by atoms with Crippen molar-refractivity contribution in [3.05, 3.63) is 17.5 Å². The molecule has 19 heavy (non-hydrogen) atoms. The van der Waals surface area contributed by atoms with Crippen LogP contribution in [0.4, 0.5) is 0 Å². The van der Waals surface area contributed by atoms with Gasteiger partial charge in [-0.05, 0) is 38.2 Å². The molecule has 1 fully saturated rings. The van der Waals surface area contributed by atoms with Gasteiger partial charge in [0.25, 0.3) is 0 Å². The van der Waals surface area contributed by atoms with Crippen LogP contribution in [-0.4, -0.2) is 29.7 Å². The van der Waals surface area contributed by atoms with Gasteiger partial charge in [-0.1, -0.05) is 20.3 Å². The fourth-order valence-electron chi connectivity index (χ4n) is 2.97. The van der Waals surface area contributed by atoms with Crippen LogP contribution >= 0.6 is 0 Å². The van der Waals surface area contributed by atoms with Gasteiger partial charge in [-0.25, -0.2) is 8.42 Å². The Labute approximate surface area is 116 Å². The summed E-state index contributed by atoms with van der Waals surface area (Å²) in [5.41, 5.74) is 2.34. The topological polar surface area (TPSA) is 52.0 Å². The molecule has 1 heterocycles. The molecule has 108 valence electrons. The third kappa shape index (κ3) is 3.19. The van der Waals surface area contributed by atoms with E-state index >= 15 is 0 Å². The minimum absolute atomic E-state index is 0.190. The fraction of sp³-hybridized carbons (Fsp3) is 0.786. The predicted octanol–water partition coefficient (Wildman–Crippen LogP) is 2.54. The van der Waals surface area contributed by atoms with Gasteiger partial charge in [-0.15, -0.1) is 0 Å². The molecular formula is C14H24N2O2S. The Bertz CT molecular complexity index is 534. The summed E-state index contributed by atoms with van der Waals surface area (Å²) in [6.45, 7) is 4.23. The highest BCUT2D eigenvalue weighted by Gasteiger charge is 2.30. The van der Waals surface area contributed by atoms with Crippen LogP contribution in [0.1, 0.15) is 57.0 Å². The van der Waals surface area contributed by atoms with E-state index < -0.39 is 9.84 Å². The number of hydrogen-bond acceptors (Lipinski definition) is 3. The zero-order valence-electron chi connectivity index (χ0n) is 12.1.